The third-order valence-electron chi connectivity index (χ3n) is 4.22. The molecule has 5 nitrogen and oxygen atoms in total. The average Bonchev–Trinajstić information content (AvgIpc) is 2.93. The predicted octanol–water partition coefficient (Wildman–Crippen LogP) is 2.70. The SMILES string of the molecule is CC(=O)N[C@H]1CC[C@@H](Oc2ccc3[nH]ncc3c2C)CC1. The first-order chi connectivity index (χ1) is 10.1. The Morgan fingerprint density at radius 1 is 1.33 bits per heavy atom. The smallest absolute Gasteiger partial charge is 0.217 e. The van der Waals surface area contributed by atoms with Crippen LogP contribution in [0.3, 0.4) is 0 Å². The van der Waals surface area contributed by atoms with E-state index in [1.54, 1.807) is 6.92 Å². The number of H-pyrrole nitrogens is 1. The molecule has 1 aromatic carbocycles. The molecule has 3 rings (SSSR count). The van der Waals surface area contributed by atoms with E-state index >= 15 is 0 Å². The number of nitrogens with one attached hydrogen (secondary N) is 2. The van der Waals surface area contributed by atoms with Crippen LogP contribution in [0.4, 0.5) is 0 Å². The van der Waals surface area contributed by atoms with Crippen LogP contribution in [0.15, 0.2) is 18.3 Å². The molecule has 1 amide bonds. The summed E-state index contributed by atoms with van der Waals surface area (Å²) in [6.07, 6.45) is 6.00. The van der Waals surface area contributed by atoms with Gasteiger partial charge in [-0.05, 0) is 44.7 Å². The topological polar surface area (TPSA) is 67.0 Å². The molecular weight excluding hydrogens is 266 g/mol. The maximum absolute atomic E-state index is 11.1. The van der Waals surface area contributed by atoms with E-state index in [9.17, 15) is 4.79 Å². The molecule has 0 bridgehead atoms. The van der Waals surface area contributed by atoms with Gasteiger partial charge in [0.15, 0.2) is 0 Å². The van der Waals surface area contributed by atoms with Gasteiger partial charge in [0, 0.05) is 23.9 Å². The predicted molar refractivity (Wildman–Crippen MR) is 81.3 cm³/mol. The summed E-state index contributed by atoms with van der Waals surface area (Å²) in [5.41, 5.74) is 2.17. The highest BCUT2D eigenvalue weighted by atomic mass is 16.5. The van der Waals surface area contributed by atoms with Crippen molar-refractivity contribution in [3.05, 3.63) is 23.9 Å². The summed E-state index contributed by atoms with van der Waals surface area (Å²) in [6, 6.07) is 4.32. The van der Waals surface area contributed by atoms with Crippen molar-refractivity contribution in [2.45, 2.75) is 51.7 Å². The summed E-state index contributed by atoms with van der Waals surface area (Å²) in [5, 5.41) is 11.1. The van der Waals surface area contributed by atoms with Crippen molar-refractivity contribution in [2.75, 3.05) is 0 Å². The lowest BCUT2D eigenvalue weighted by atomic mass is 9.93. The van der Waals surface area contributed by atoms with Gasteiger partial charge < -0.3 is 10.1 Å². The van der Waals surface area contributed by atoms with Crippen molar-refractivity contribution in [3.8, 4) is 5.75 Å². The summed E-state index contributed by atoms with van der Waals surface area (Å²) in [7, 11) is 0. The number of nitrogens with zero attached hydrogens (tertiary/aromatic N) is 1. The number of benzene rings is 1. The number of hydrogen-bond acceptors (Lipinski definition) is 3. The number of fused-ring (bicyclic) bond motifs is 1. The highest BCUT2D eigenvalue weighted by Gasteiger charge is 2.23. The molecule has 1 saturated carbocycles. The van der Waals surface area contributed by atoms with Crippen molar-refractivity contribution in [3.63, 3.8) is 0 Å². The normalized spacial score (nSPS) is 22.2. The van der Waals surface area contributed by atoms with Crippen molar-refractivity contribution in [1.82, 2.24) is 15.5 Å². The van der Waals surface area contributed by atoms with Crippen molar-refractivity contribution >= 4 is 16.8 Å². The first-order valence-electron chi connectivity index (χ1n) is 7.50. The molecule has 0 radical (unpaired) electrons. The van der Waals surface area contributed by atoms with Gasteiger partial charge >= 0.3 is 0 Å². The van der Waals surface area contributed by atoms with Crippen LogP contribution in [0, 0.1) is 6.92 Å². The minimum atomic E-state index is 0.0561. The van der Waals surface area contributed by atoms with Gasteiger partial charge in [-0.1, -0.05) is 0 Å². The van der Waals surface area contributed by atoms with Crippen molar-refractivity contribution < 1.29 is 9.53 Å². The van der Waals surface area contributed by atoms with Gasteiger partial charge in [-0.2, -0.15) is 5.10 Å². The fraction of sp³-hybridized carbons (Fsp3) is 0.500. The molecule has 0 atom stereocenters. The van der Waals surface area contributed by atoms with E-state index in [2.05, 4.69) is 22.4 Å². The maximum Gasteiger partial charge on any atom is 0.217 e. The molecule has 1 fully saturated rings. The van der Waals surface area contributed by atoms with E-state index in [1.165, 1.54) is 0 Å². The van der Waals surface area contributed by atoms with E-state index in [4.69, 9.17) is 4.74 Å². The number of hydrogen-bond donors (Lipinski definition) is 2. The maximum atomic E-state index is 11.1. The summed E-state index contributed by atoms with van der Waals surface area (Å²) < 4.78 is 6.16. The number of carbonyl (C=O) groups is 1. The van der Waals surface area contributed by atoms with Gasteiger partial charge in [0.25, 0.3) is 0 Å². The van der Waals surface area contributed by atoms with E-state index in [1.807, 2.05) is 18.3 Å². The second-order valence-electron chi connectivity index (χ2n) is 5.81. The molecule has 0 spiro atoms. The Balaban J connectivity index is 1.64. The standard InChI is InChI=1S/C16H21N3O2/c1-10-14-9-17-19-15(14)7-8-16(10)21-13-5-3-12(4-6-13)18-11(2)20/h7-9,12-13H,3-6H2,1-2H3,(H,17,19)(H,18,20)/t12-,13+. The number of aryl methyl sites for hydroxylation is 1. The van der Waals surface area contributed by atoms with Crippen LogP contribution in [0.5, 0.6) is 5.75 Å². The van der Waals surface area contributed by atoms with Crippen LogP contribution in [0.25, 0.3) is 10.9 Å². The van der Waals surface area contributed by atoms with Crippen LogP contribution in [0.2, 0.25) is 0 Å². The van der Waals surface area contributed by atoms with Gasteiger partial charge in [-0.25, -0.2) is 0 Å². The van der Waals surface area contributed by atoms with E-state index in [0.29, 0.717) is 6.04 Å². The molecule has 1 heterocycles. The molecule has 21 heavy (non-hydrogen) atoms. The van der Waals surface area contributed by atoms with E-state index in [0.717, 1.165) is 47.9 Å². The number of rotatable bonds is 3. The summed E-state index contributed by atoms with van der Waals surface area (Å²) in [5.74, 6) is 0.993. The number of ether oxygens (including phenoxy) is 1. The summed E-state index contributed by atoms with van der Waals surface area (Å²) >= 11 is 0. The second kappa shape index (κ2) is 5.76. The quantitative estimate of drug-likeness (QED) is 0.912. The molecule has 1 aliphatic rings. The summed E-state index contributed by atoms with van der Waals surface area (Å²) in [6.45, 7) is 3.64. The molecule has 1 aromatic heterocycles. The van der Waals surface area contributed by atoms with Crippen LogP contribution in [-0.2, 0) is 4.79 Å². The highest BCUT2D eigenvalue weighted by molar-refractivity contribution is 5.83. The largest absolute Gasteiger partial charge is 0.490 e. The van der Waals surface area contributed by atoms with Gasteiger partial charge in [-0.15, -0.1) is 0 Å². The van der Waals surface area contributed by atoms with E-state index in [-0.39, 0.29) is 12.0 Å². The lowest BCUT2D eigenvalue weighted by Gasteiger charge is -2.29. The molecule has 0 unspecified atom stereocenters. The Labute approximate surface area is 124 Å². The highest BCUT2D eigenvalue weighted by Crippen LogP contribution is 2.29. The van der Waals surface area contributed by atoms with Crippen LogP contribution in [0.1, 0.15) is 38.2 Å². The first kappa shape index (κ1) is 13.9. The van der Waals surface area contributed by atoms with Gasteiger partial charge in [0.2, 0.25) is 5.91 Å². The Bertz CT molecular complexity index is 642. The average molecular weight is 287 g/mol. The molecule has 2 N–H and O–H groups in total. The lowest BCUT2D eigenvalue weighted by Crippen LogP contribution is -2.38. The molecule has 5 heteroatoms. The van der Waals surface area contributed by atoms with Crippen molar-refractivity contribution in [1.29, 1.82) is 0 Å². The van der Waals surface area contributed by atoms with Gasteiger partial charge in [0.05, 0.1) is 17.8 Å². The van der Waals surface area contributed by atoms with Crippen LogP contribution >= 0.6 is 0 Å². The minimum Gasteiger partial charge on any atom is -0.490 e. The summed E-state index contributed by atoms with van der Waals surface area (Å²) in [4.78, 5) is 11.1. The Morgan fingerprint density at radius 3 is 2.81 bits per heavy atom. The molecule has 1 aliphatic carbocycles. The Hall–Kier alpha value is -2.04. The fourth-order valence-electron chi connectivity index (χ4n) is 3.06. The number of amides is 1. The number of aromatic amines is 1. The van der Waals surface area contributed by atoms with Crippen LogP contribution in [-0.4, -0.2) is 28.3 Å². The van der Waals surface area contributed by atoms with Gasteiger partial charge in [-0.3, -0.25) is 9.89 Å². The molecule has 112 valence electrons. The molecule has 2 aromatic rings. The first-order valence-corrected chi connectivity index (χ1v) is 7.50. The number of aromatic nitrogens is 2. The molecular formula is C16H21N3O2. The zero-order chi connectivity index (χ0) is 14.8. The third kappa shape index (κ3) is 3.01. The zero-order valence-electron chi connectivity index (χ0n) is 12.5. The van der Waals surface area contributed by atoms with Gasteiger partial charge in [0.1, 0.15) is 5.75 Å². The number of carbonyl (C=O) groups excluding carboxylic acids is 1. The monoisotopic (exact) mass is 287 g/mol. The molecule has 0 saturated heterocycles. The van der Waals surface area contributed by atoms with Crippen molar-refractivity contribution in [2.24, 2.45) is 0 Å². The second-order valence-corrected chi connectivity index (χ2v) is 5.81. The fourth-order valence-corrected chi connectivity index (χ4v) is 3.06. The minimum absolute atomic E-state index is 0.0561. The van der Waals surface area contributed by atoms with Crippen LogP contribution < -0.4 is 10.1 Å². The molecule has 0 aliphatic heterocycles. The zero-order valence-corrected chi connectivity index (χ0v) is 12.5. The Morgan fingerprint density at radius 2 is 2.10 bits per heavy atom. The lowest BCUT2D eigenvalue weighted by molar-refractivity contribution is -0.120. The Kier molecular flexibility index (Phi) is 3.82. The van der Waals surface area contributed by atoms with E-state index < -0.39 is 0 Å². The third-order valence-corrected chi connectivity index (χ3v) is 4.22.